The summed E-state index contributed by atoms with van der Waals surface area (Å²) in [5.41, 5.74) is 5.97. The Balaban J connectivity index is 1.63. The number of carbonyl (C=O) groups excluding carboxylic acids is 1. The summed E-state index contributed by atoms with van der Waals surface area (Å²) in [5, 5.41) is 12.1. The number of carbonyl (C=O) groups is 1. The lowest BCUT2D eigenvalue weighted by molar-refractivity contribution is -0.116. The van der Waals surface area contributed by atoms with Gasteiger partial charge in [-0.15, -0.1) is 10.2 Å². The zero-order valence-electron chi connectivity index (χ0n) is 16.8. The fourth-order valence-corrected chi connectivity index (χ4v) is 4.54. The standard InChI is InChI=1S/C21H22ClN5O2S/c1-4-29-16-9-6-14(7-10-16)18-19(30-21-25-24-13(3)27(21)26-18)20(28)23-15-8-5-12(2)17(22)11-15/h5-11,18-19,26H,4H2,1-3H3,(H,23,28)/t18-,19-/m0/s1. The minimum absolute atomic E-state index is 0.141. The van der Waals surface area contributed by atoms with Gasteiger partial charge >= 0.3 is 0 Å². The second kappa shape index (κ2) is 8.57. The second-order valence-electron chi connectivity index (χ2n) is 6.97. The van der Waals surface area contributed by atoms with Crippen molar-refractivity contribution in [2.45, 2.75) is 37.2 Å². The molecule has 0 fully saturated rings. The molecule has 30 heavy (non-hydrogen) atoms. The third-order valence-electron chi connectivity index (χ3n) is 4.85. The van der Waals surface area contributed by atoms with Gasteiger partial charge in [0.05, 0.1) is 12.6 Å². The molecule has 0 aliphatic carbocycles. The summed E-state index contributed by atoms with van der Waals surface area (Å²) >= 11 is 7.60. The van der Waals surface area contributed by atoms with Gasteiger partial charge in [-0.25, -0.2) is 4.68 Å². The van der Waals surface area contributed by atoms with E-state index >= 15 is 0 Å². The van der Waals surface area contributed by atoms with Crippen molar-refractivity contribution in [1.82, 2.24) is 14.9 Å². The summed E-state index contributed by atoms with van der Waals surface area (Å²) in [5.74, 6) is 1.39. The van der Waals surface area contributed by atoms with Crippen LogP contribution in [0.2, 0.25) is 5.02 Å². The zero-order valence-corrected chi connectivity index (χ0v) is 18.4. The van der Waals surface area contributed by atoms with Crippen LogP contribution in [0.4, 0.5) is 5.69 Å². The molecule has 0 unspecified atom stereocenters. The zero-order chi connectivity index (χ0) is 21.3. The van der Waals surface area contributed by atoms with E-state index in [-0.39, 0.29) is 11.9 Å². The summed E-state index contributed by atoms with van der Waals surface area (Å²) in [6.07, 6.45) is 0. The van der Waals surface area contributed by atoms with Gasteiger partial charge in [-0.1, -0.05) is 41.6 Å². The van der Waals surface area contributed by atoms with Crippen LogP contribution >= 0.6 is 23.4 Å². The number of hydrogen-bond acceptors (Lipinski definition) is 6. The van der Waals surface area contributed by atoms with E-state index in [0.717, 1.165) is 22.7 Å². The van der Waals surface area contributed by atoms with Crippen LogP contribution in [0, 0.1) is 13.8 Å². The fraction of sp³-hybridized carbons (Fsp3) is 0.286. The molecule has 0 bridgehead atoms. The minimum atomic E-state index is -0.459. The van der Waals surface area contributed by atoms with E-state index in [1.54, 1.807) is 6.07 Å². The van der Waals surface area contributed by atoms with Crippen molar-refractivity contribution < 1.29 is 9.53 Å². The summed E-state index contributed by atoms with van der Waals surface area (Å²) in [6, 6.07) is 13.0. The third-order valence-corrected chi connectivity index (χ3v) is 6.47. The molecule has 2 aromatic carbocycles. The topological polar surface area (TPSA) is 81.1 Å². The van der Waals surface area contributed by atoms with Gasteiger partial charge in [0.15, 0.2) is 0 Å². The van der Waals surface area contributed by atoms with E-state index < -0.39 is 5.25 Å². The van der Waals surface area contributed by atoms with Crippen molar-refractivity contribution in [3.63, 3.8) is 0 Å². The number of fused-ring (bicyclic) bond motifs is 1. The average Bonchev–Trinajstić information content (AvgIpc) is 3.11. The number of aromatic nitrogens is 3. The number of nitrogens with one attached hydrogen (secondary N) is 2. The van der Waals surface area contributed by atoms with Crippen molar-refractivity contribution in [1.29, 1.82) is 0 Å². The molecule has 7 nitrogen and oxygen atoms in total. The fourth-order valence-electron chi connectivity index (χ4n) is 3.23. The van der Waals surface area contributed by atoms with Crippen molar-refractivity contribution in [3.8, 4) is 5.75 Å². The van der Waals surface area contributed by atoms with Crippen molar-refractivity contribution >= 4 is 35.0 Å². The highest BCUT2D eigenvalue weighted by atomic mass is 35.5. The molecule has 1 aliphatic heterocycles. The highest BCUT2D eigenvalue weighted by Crippen LogP contribution is 2.38. The maximum Gasteiger partial charge on any atom is 0.240 e. The highest BCUT2D eigenvalue weighted by Gasteiger charge is 2.37. The first-order valence-electron chi connectivity index (χ1n) is 9.61. The van der Waals surface area contributed by atoms with Crippen LogP contribution in [0.15, 0.2) is 47.6 Å². The molecule has 1 aliphatic rings. The Morgan fingerprint density at radius 1 is 1.23 bits per heavy atom. The molecule has 1 amide bonds. The van der Waals surface area contributed by atoms with Crippen LogP contribution in [0.5, 0.6) is 5.75 Å². The number of ether oxygens (including phenoxy) is 1. The maximum absolute atomic E-state index is 13.2. The molecule has 3 aromatic rings. The molecular formula is C21H22ClN5O2S. The third kappa shape index (κ3) is 4.11. The average molecular weight is 444 g/mol. The molecule has 1 aromatic heterocycles. The smallest absolute Gasteiger partial charge is 0.240 e. The molecular weight excluding hydrogens is 422 g/mol. The van der Waals surface area contributed by atoms with Crippen LogP contribution in [0.25, 0.3) is 0 Å². The van der Waals surface area contributed by atoms with Gasteiger partial charge in [-0.05, 0) is 56.2 Å². The summed E-state index contributed by atoms with van der Waals surface area (Å²) < 4.78 is 7.36. The van der Waals surface area contributed by atoms with Gasteiger partial charge in [0.2, 0.25) is 11.1 Å². The van der Waals surface area contributed by atoms with Crippen LogP contribution < -0.4 is 15.5 Å². The minimum Gasteiger partial charge on any atom is -0.494 e. The first-order valence-corrected chi connectivity index (χ1v) is 10.9. The van der Waals surface area contributed by atoms with E-state index in [1.807, 2.05) is 61.8 Å². The Morgan fingerprint density at radius 3 is 2.70 bits per heavy atom. The Kier molecular flexibility index (Phi) is 5.87. The molecule has 0 radical (unpaired) electrons. The van der Waals surface area contributed by atoms with Crippen LogP contribution in [0.1, 0.15) is 29.9 Å². The monoisotopic (exact) mass is 443 g/mol. The summed E-state index contributed by atoms with van der Waals surface area (Å²) in [6.45, 7) is 6.34. The Bertz CT molecular complexity index is 1070. The number of halogens is 1. The van der Waals surface area contributed by atoms with Gasteiger partial charge in [-0.2, -0.15) is 0 Å². The van der Waals surface area contributed by atoms with Gasteiger partial charge in [-0.3, -0.25) is 4.79 Å². The number of hydrogen-bond donors (Lipinski definition) is 2. The molecule has 0 spiro atoms. The van der Waals surface area contributed by atoms with Gasteiger partial charge in [0.25, 0.3) is 0 Å². The number of amides is 1. The van der Waals surface area contributed by atoms with E-state index in [1.165, 1.54) is 11.8 Å². The van der Waals surface area contributed by atoms with Crippen LogP contribution in [0.3, 0.4) is 0 Å². The van der Waals surface area contributed by atoms with Crippen molar-refractivity contribution in [3.05, 3.63) is 64.4 Å². The largest absolute Gasteiger partial charge is 0.494 e. The lowest BCUT2D eigenvalue weighted by atomic mass is 10.0. The number of anilines is 1. The SMILES string of the molecule is CCOc1ccc([C@@H]2Nn3c(C)nnc3S[C@@H]2C(=O)Nc2ccc(C)c(Cl)c2)cc1. The lowest BCUT2D eigenvalue weighted by Gasteiger charge is -2.32. The first kappa shape index (κ1) is 20.6. The summed E-state index contributed by atoms with van der Waals surface area (Å²) in [4.78, 5) is 13.2. The highest BCUT2D eigenvalue weighted by molar-refractivity contribution is 8.00. The predicted molar refractivity (Wildman–Crippen MR) is 119 cm³/mol. The molecule has 156 valence electrons. The van der Waals surface area contributed by atoms with Gasteiger partial charge < -0.3 is 15.5 Å². The number of rotatable bonds is 5. The lowest BCUT2D eigenvalue weighted by Crippen LogP contribution is -2.41. The van der Waals surface area contributed by atoms with Crippen molar-refractivity contribution in [2.24, 2.45) is 0 Å². The molecule has 4 rings (SSSR count). The number of benzene rings is 2. The normalized spacial score (nSPS) is 17.7. The molecule has 2 atom stereocenters. The number of aryl methyl sites for hydroxylation is 2. The van der Waals surface area contributed by atoms with Crippen LogP contribution in [-0.4, -0.2) is 32.6 Å². The van der Waals surface area contributed by atoms with Crippen molar-refractivity contribution in [2.75, 3.05) is 17.3 Å². The molecule has 2 heterocycles. The number of thioether (sulfide) groups is 1. The molecule has 9 heteroatoms. The molecule has 0 saturated carbocycles. The van der Waals surface area contributed by atoms with E-state index in [4.69, 9.17) is 16.3 Å². The van der Waals surface area contributed by atoms with Crippen LogP contribution in [-0.2, 0) is 4.79 Å². The van der Waals surface area contributed by atoms with E-state index in [2.05, 4.69) is 20.9 Å². The van der Waals surface area contributed by atoms with E-state index in [0.29, 0.717) is 22.5 Å². The van der Waals surface area contributed by atoms with Gasteiger partial charge in [0, 0.05) is 10.7 Å². The quantitative estimate of drug-likeness (QED) is 0.610. The Labute approximate surface area is 184 Å². The maximum atomic E-state index is 13.2. The van der Waals surface area contributed by atoms with Gasteiger partial charge in [0.1, 0.15) is 16.8 Å². The second-order valence-corrected chi connectivity index (χ2v) is 8.48. The van der Waals surface area contributed by atoms with E-state index in [9.17, 15) is 4.79 Å². The first-order chi connectivity index (χ1) is 14.5. The Morgan fingerprint density at radius 2 is 2.00 bits per heavy atom. The predicted octanol–water partition coefficient (Wildman–Crippen LogP) is 4.34. The number of nitrogens with zero attached hydrogens (tertiary/aromatic N) is 3. The molecule has 2 N–H and O–H groups in total. The molecule has 0 saturated heterocycles. The summed E-state index contributed by atoms with van der Waals surface area (Å²) in [7, 11) is 0. The Hall–Kier alpha value is -2.71.